The number of carboxylic acids is 1. The van der Waals surface area contributed by atoms with Crippen LogP contribution >= 0.6 is 0 Å². The van der Waals surface area contributed by atoms with Gasteiger partial charge in [0.05, 0.1) is 0 Å². The predicted molar refractivity (Wildman–Crippen MR) is 61.8 cm³/mol. The lowest BCUT2D eigenvalue weighted by molar-refractivity contribution is 0.0685. The molecule has 7 nitrogen and oxygen atoms in total. The van der Waals surface area contributed by atoms with Crippen molar-refractivity contribution in [2.75, 3.05) is 19.6 Å². The molecule has 0 radical (unpaired) electrons. The number of aromatic carboxylic acids is 1. The number of carbonyl (C=O) groups is 2. The van der Waals surface area contributed by atoms with Gasteiger partial charge in [0.15, 0.2) is 0 Å². The third kappa shape index (κ3) is 3.05. The molecule has 0 atom stereocenters. The van der Waals surface area contributed by atoms with E-state index in [0.29, 0.717) is 13.1 Å². The van der Waals surface area contributed by atoms with E-state index in [1.165, 1.54) is 16.7 Å². The molecule has 7 heteroatoms. The van der Waals surface area contributed by atoms with E-state index in [1.54, 1.807) is 0 Å². The van der Waals surface area contributed by atoms with Crippen molar-refractivity contribution >= 4 is 11.9 Å². The largest absolute Gasteiger partial charge is 0.477 e. The molecular formula is C10H16N4O3. The Kier molecular flexibility index (Phi) is 4.68. The predicted octanol–water partition coefficient (Wildman–Crippen LogP) is -1.17. The van der Waals surface area contributed by atoms with Crippen LogP contribution in [0, 0.1) is 0 Å². The van der Waals surface area contributed by atoms with E-state index < -0.39 is 5.97 Å². The number of rotatable bonds is 6. The van der Waals surface area contributed by atoms with Gasteiger partial charge in [-0.05, 0) is 12.1 Å². The van der Waals surface area contributed by atoms with E-state index in [4.69, 9.17) is 16.6 Å². The number of hydrogen-bond acceptors (Lipinski definition) is 4. The summed E-state index contributed by atoms with van der Waals surface area (Å²) in [5.41, 5.74) is 11.0. The number of nitrogens with one attached hydrogen (secondary N) is 1. The first-order valence-electron chi connectivity index (χ1n) is 5.23. The second-order valence-electron chi connectivity index (χ2n) is 3.39. The van der Waals surface area contributed by atoms with Gasteiger partial charge in [0.1, 0.15) is 11.4 Å². The Balaban J connectivity index is 2.98. The Morgan fingerprint density at radius 3 is 2.41 bits per heavy atom. The average Bonchev–Trinajstić information content (AvgIpc) is 2.70. The molecule has 1 aromatic heterocycles. The zero-order chi connectivity index (χ0) is 12.8. The van der Waals surface area contributed by atoms with Crippen LogP contribution in [0.15, 0.2) is 12.1 Å². The van der Waals surface area contributed by atoms with Crippen molar-refractivity contribution in [3.63, 3.8) is 0 Å². The summed E-state index contributed by atoms with van der Waals surface area (Å²) in [4.78, 5) is 22.6. The molecule has 0 spiro atoms. The summed E-state index contributed by atoms with van der Waals surface area (Å²) in [7, 11) is 0. The number of carboxylic acid groups (broad SMARTS) is 1. The highest BCUT2D eigenvalue weighted by molar-refractivity contribution is 5.95. The first-order chi connectivity index (χ1) is 8.11. The van der Waals surface area contributed by atoms with Gasteiger partial charge < -0.3 is 26.5 Å². The van der Waals surface area contributed by atoms with Crippen LogP contribution < -0.4 is 16.8 Å². The van der Waals surface area contributed by atoms with Crippen LogP contribution in [0.1, 0.15) is 21.0 Å². The fraction of sp³-hybridized carbons (Fsp3) is 0.400. The van der Waals surface area contributed by atoms with E-state index in [-0.39, 0.29) is 30.4 Å². The average molecular weight is 240 g/mol. The van der Waals surface area contributed by atoms with Crippen LogP contribution in [0.25, 0.3) is 0 Å². The molecule has 0 fully saturated rings. The first-order valence-corrected chi connectivity index (χ1v) is 5.23. The molecule has 1 heterocycles. The van der Waals surface area contributed by atoms with E-state index in [0.717, 1.165) is 0 Å². The molecule has 94 valence electrons. The number of carbonyl (C=O) groups excluding carboxylic acids is 1. The molecule has 0 aromatic carbocycles. The van der Waals surface area contributed by atoms with Gasteiger partial charge >= 0.3 is 5.97 Å². The van der Waals surface area contributed by atoms with Crippen LogP contribution in [-0.4, -0.2) is 41.2 Å². The zero-order valence-corrected chi connectivity index (χ0v) is 9.35. The quantitative estimate of drug-likeness (QED) is 0.499. The molecule has 17 heavy (non-hydrogen) atoms. The van der Waals surface area contributed by atoms with Crippen LogP contribution in [0.4, 0.5) is 0 Å². The van der Waals surface area contributed by atoms with Crippen LogP contribution in [0.3, 0.4) is 0 Å². The molecule has 0 saturated heterocycles. The maximum absolute atomic E-state index is 11.7. The van der Waals surface area contributed by atoms with Crippen LogP contribution in [0.2, 0.25) is 0 Å². The normalized spacial score (nSPS) is 10.2. The van der Waals surface area contributed by atoms with Crippen molar-refractivity contribution in [3.05, 3.63) is 23.5 Å². The van der Waals surface area contributed by atoms with E-state index in [2.05, 4.69) is 5.32 Å². The van der Waals surface area contributed by atoms with Gasteiger partial charge in [-0.3, -0.25) is 4.79 Å². The number of amides is 1. The molecule has 6 N–H and O–H groups in total. The number of nitrogens with zero attached hydrogens (tertiary/aromatic N) is 1. The summed E-state index contributed by atoms with van der Waals surface area (Å²) in [6.45, 7) is 1.20. The molecule has 0 aliphatic carbocycles. The smallest absolute Gasteiger partial charge is 0.352 e. The lowest BCUT2D eigenvalue weighted by Gasteiger charge is -2.10. The topological polar surface area (TPSA) is 123 Å². The molecule has 0 aliphatic rings. The molecule has 1 amide bonds. The van der Waals surface area contributed by atoms with E-state index in [9.17, 15) is 9.59 Å². The van der Waals surface area contributed by atoms with Gasteiger partial charge in [0.2, 0.25) is 0 Å². The molecule has 0 bridgehead atoms. The second-order valence-corrected chi connectivity index (χ2v) is 3.39. The third-order valence-corrected chi connectivity index (χ3v) is 2.22. The lowest BCUT2D eigenvalue weighted by atomic mass is 10.4. The van der Waals surface area contributed by atoms with Crippen LogP contribution in [0.5, 0.6) is 0 Å². The van der Waals surface area contributed by atoms with Crippen LogP contribution in [-0.2, 0) is 6.54 Å². The van der Waals surface area contributed by atoms with Gasteiger partial charge in [0, 0.05) is 26.2 Å². The highest BCUT2D eigenvalue weighted by atomic mass is 16.4. The SMILES string of the molecule is NCCNC(=O)c1ccc(C(=O)O)n1CCN. The molecule has 1 rings (SSSR count). The minimum absolute atomic E-state index is 0.0494. The van der Waals surface area contributed by atoms with Gasteiger partial charge in [-0.15, -0.1) is 0 Å². The summed E-state index contributed by atoms with van der Waals surface area (Å²) in [5.74, 6) is -1.44. The van der Waals surface area contributed by atoms with Gasteiger partial charge in [-0.2, -0.15) is 0 Å². The summed E-state index contributed by atoms with van der Waals surface area (Å²) < 4.78 is 1.38. The van der Waals surface area contributed by atoms with Crippen molar-refractivity contribution in [2.45, 2.75) is 6.54 Å². The van der Waals surface area contributed by atoms with Gasteiger partial charge in [0.25, 0.3) is 5.91 Å². The highest BCUT2D eigenvalue weighted by Gasteiger charge is 2.17. The van der Waals surface area contributed by atoms with Crippen molar-refractivity contribution < 1.29 is 14.7 Å². The zero-order valence-electron chi connectivity index (χ0n) is 9.35. The summed E-state index contributed by atoms with van der Waals surface area (Å²) in [6, 6.07) is 2.85. The standard InChI is InChI=1S/C10H16N4O3/c11-3-5-13-9(15)7-1-2-8(10(16)17)14(7)6-4-12/h1-2H,3-6,11-12H2,(H,13,15)(H,16,17). The lowest BCUT2D eigenvalue weighted by Crippen LogP contribution is -2.31. The minimum Gasteiger partial charge on any atom is -0.477 e. The maximum Gasteiger partial charge on any atom is 0.352 e. The molecular weight excluding hydrogens is 224 g/mol. The molecule has 0 saturated carbocycles. The maximum atomic E-state index is 11.7. The summed E-state index contributed by atoms with van der Waals surface area (Å²) >= 11 is 0. The molecule has 0 aliphatic heterocycles. The summed E-state index contributed by atoms with van der Waals surface area (Å²) in [5, 5.41) is 11.5. The monoisotopic (exact) mass is 240 g/mol. The molecule has 1 aromatic rings. The van der Waals surface area contributed by atoms with E-state index in [1.807, 2.05) is 0 Å². The third-order valence-electron chi connectivity index (χ3n) is 2.22. The van der Waals surface area contributed by atoms with Crippen molar-refractivity contribution in [1.29, 1.82) is 0 Å². The fourth-order valence-corrected chi connectivity index (χ4v) is 1.50. The van der Waals surface area contributed by atoms with Crippen molar-refractivity contribution in [3.8, 4) is 0 Å². The summed E-state index contributed by atoms with van der Waals surface area (Å²) in [6.07, 6.45) is 0. The highest BCUT2D eigenvalue weighted by Crippen LogP contribution is 2.09. The number of aromatic nitrogens is 1. The Morgan fingerprint density at radius 1 is 1.24 bits per heavy atom. The minimum atomic E-state index is -1.09. The number of nitrogens with two attached hydrogens (primary N) is 2. The Hall–Kier alpha value is -1.86. The molecule has 0 unspecified atom stereocenters. The van der Waals surface area contributed by atoms with Gasteiger partial charge in [-0.1, -0.05) is 0 Å². The van der Waals surface area contributed by atoms with E-state index >= 15 is 0 Å². The Bertz CT molecular complexity index is 414. The Labute approximate surface area is 98.4 Å². The second kappa shape index (κ2) is 6.02. The number of hydrogen-bond donors (Lipinski definition) is 4. The van der Waals surface area contributed by atoms with Crippen molar-refractivity contribution in [2.24, 2.45) is 11.5 Å². The first kappa shape index (κ1) is 13.2. The Morgan fingerprint density at radius 2 is 1.88 bits per heavy atom. The fourth-order valence-electron chi connectivity index (χ4n) is 1.50. The van der Waals surface area contributed by atoms with Crippen molar-refractivity contribution in [1.82, 2.24) is 9.88 Å². The van der Waals surface area contributed by atoms with Gasteiger partial charge in [-0.25, -0.2) is 4.79 Å².